The summed E-state index contributed by atoms with van der Waals surface area (Å²) in [5, 5.41) is 3.48. The first-order valence-corrected chi connectivity index (χ1v) is 5.02. The van der Waals surface area contributed by atoms with Crippen LogP contribution in [0.4, 0.5) is 13.2 Å². The highest BCUT2D eigenvalue weighted by Gasteiger charge is 2.59. The number of alkyl halides is 3. The minimum absolute atomic E-state index is 0.215. The van der Waals surface area contributed by atoms with Crippen molar-refractivity contribution in [3.05, 3.63) is 17.5 Å². The monoisotopic (exact) mass is 233 g/mol. The van der Waals surface area contributed by atoms with Crippen molar-refractivity contribution < 1.29 is 13.2 Å². The van der Waals surface area contributed by atoms with E-state index in [0.29, 0.717) is 0 Å². The lowest BCUT2D eigenvalue weighted by Gasteiger charge is -2.06. The Morgan fingerprint density at radius 2 is 1.94 bits per heavy atom. The number of hydrogen-bond donors (Lipinski definition) is 1. The molecule has 1 aromatic heterocycles. The van der Waals surface area contributed by atoms with Gasteiger partial charge in [0.1, 0.15) is 0 Å². The summed E-state index contributed by atoms with van der Waals surface area (Å²) in [5.41, 5.74) is 4.93. The van der Waals surface area contributed by atoms with Crippen LogP contribution in [0.3, 0.4) is 0 Å². The molecule has 90 valence electrons. The Morgan fingerprint density at radius 3 is 2.31 bits per heavy atom. The minimum atomic E-state index is -4.41. The standard InChI is InChI=1S/C10H14F3N3/c1-9(2)6(7(9)14)5-4-16(3)15-8(5)10(11,12)13/h4,6-7H,14H2,1-3H3/t6-,7-/m1/s1. The zero-order valence-electron chi connectivity index (χ0n) is 9.34. The summed E-state index contributed by atoms with van der Waals surface area (Å²) in [7, 11) is 1.49. The number of aryl methyl sites for hydroxylation is 1. The van der Waals surface area contributed by atoms with Crippen LogP contribution in [-0.4, -0.2) is 15.8 Å². The molecule has 0 unspecified atom stereocenters. The molecule has 2 N–H and O–H groups in total. The Morgan fingerprint density at radius 1 is 1.44 bits per heavy atom. The summed E-state index contributed by atoms with van der Waals surface area (Å²) in [6.07, 6.45) is -2.99. The van der Waals surface area contributed by atoms with Crippen LogP contribution in [0.2, 0.25) is 0 Å². The minimum Gasteiger partial charge on any atom is -0.327 e. The molecule has 2 atom stereocenters. The molecule has 1 aliphatic carbocycles. The molecule has 0 aliphatic heterocycles. The number of nitrogens with two attached hydrogens (primary N) is 1. The summed E-state index contributed by atoms with van der Waals surface area (Å²) < 4.78 is 39.3. The number of hydrogen-bond acceptors (Lipinski definition) is 2. The molecule has 0 spiro atoms. The third-order valence-corrected chi connectivity index (χ3v) is 3.37. The van der Waals surface area contributed by atoms with Gasteiger partial charge < -0.3 is 5.73 Å². The molecule has 1 fully saturated rings. The maximum Gasteiger partial charge on any atom is 0.435 e. The quantitative estimate of drug-likeness (QED) is 0.805. The lowest BCUT2D eigenvalue weighted by atomic mass is 10.0. The van der Waals surface area contributed by atoms with Gasteiger partial charge in [-0.2, -0.15) is 18.3 Å². The van der Waals surface area contributed by atoms with Crippen LogP contribution in [0.15, 0.2) is 6.20 Å². The van der Waals surface area contributed by atoms with E-state index in [-0.39, 0.29) is 22.9 Å². The van der Waals surface area contributed by atoms with Gasteiger partial charge in [0.25, 0.3) is 0 Å². The van der Waals surface area contributed by atoms with Crippen LogP contribution in [0.5, 0.6) is 0 Å². The molecule has 3 nitrogen and oxygen atoms in total. The maximum atomic E-state index is 12.7. The Balaban J connectivity index is 2.43. The molecule has 0 amide bonds. The van der Waals surface area contributed by atoms with Gasteiger partial charge in [0, 0.05) is 30.8 Å². The van der Waals surface area contributed by atoms with Crippen molar-refractivity contribution in [2.75, 3.05) is 0 Å². The first kappa shape index (κ1) is 11.4. The van der Waals surface area contributed by atoms with Crippen molar-refractivity contribution in [1.29, 1.82) is 0 Å². The van der Waals surface area contributed by atoms with E-state index in [4.69, 9.17) is 5.73 Å². The van der Waals surface area contributed by atoms with Gasteiger partial charge in [-0.15, -0.1) is 0 Å². The van der Waals surface area contributed by atoms with E-state index in [2.05, 4.69) is 5.10 Å². The molecule has 0 saturated heterocycles. The number of halogens is 3. The van der Waals surface area contributed by atoms with Gasteiger partial charge in [0.15, 0.2) is 5.69 Å². The lowest BCUT2D eigenvalue weighted by Crippen LogP contribution is -2.10. The molecule has 1 aromatic rings. The van der Waals surface area contributed by atoms with Gasteiger partial charge >= 0.3 is 6.18 Å². The van der Waals surface area contributed by atoms with E-state index in [1.54, 1.807) is 0 Å². The molecule has 6 heteroatoms. The highest BCUT2D eigenvalue weighted by atomic mass is 19.4. The average molecular weight is 233 g/mol. The van der Waals surface area contributed by atoms with Gasteiger partial charge in [0.05, 0.1) is 0 Å². The van der Waals surface area contributed by atoms with Crippen molar-refractivity contribution in [2.45, 2.75) is 32.0 Å². The molecule has 0 bridgehead atoms. The van der Waals surface area contributed by atoms with Gasteiger partial charge in [-0.3, -0.25) is 4.68 Å². The second-order valence-electron chi connectivity index (χ2n) is 4.93. The first-order valence-electron chi connectivity index (χ1n) is 5.02. The second kappa shape index (κ2) is 3.00. The van der Waals surface area contributed by atoms with Crippen LogP contribution in [0.25, 0.3) is 0 Å². The van der Waals surface area contributed by atoms with E-state index in [1.165, 1.54) is 17.9 Å². The Hall–Kier alpha value is -1.04. The smallest absolute Gasteiger partial charge is 0.327 e. The van der Waals surface area contributed by atoms with Gasteiger partial charge in [-0.05, 0) is 5.41 Å². The van der Waals surface area contributed by atoms with E-state index < -0.39 is 11.9 Å². The predicted molar refractivity (Wildman–Crippen MR) is 52.7 cm³/mol. The zero-order chi connectivity index (χ0) is 12.3. The third kappa shape index (κ3) is 1.52. The van der Waals surface area contributed by atoms with Crippen molar-refractivity contribution in [3.63, 3.8) is 0 Å². The van der Waals surface area contributed by atoms with Crippen molar-refractivity contribution in [1.82, 2.24) is 9.78 Å². The fourth-order valence-electron chi connectivity index (χ4n) is 2.23. The van der Waals surface area contributed by atoms with Crippen molar-refractivity contribution in [3.8, 4) is 0 Å². The van der Waals surface area contributed by atoms with Gasteiger partial charge in [0.2, 0.25) is 0 Å². The highest BCUT2D eigenvalue weighted by Crippen LogP contribution is 2.58. The molecule has 1 aliphatic rings. The largest absolute Gasteiger partial charge is 0.435 e. The van der Waals surface area contributed by atoms with Crippen molar-refractivity contribution >= 4 is 0 Å². The predicted octanol–water partition coefficient (Wildman–Crippen LogP) is 1.89. The van der Waals surface area contributed by atoms with Crippen molar-refractivity contribution in [2.24, 2.45) is 18.2 Å². The summed E-state index contributed by atoms with van der Waals surface area (Å²) in [4.78, 5) is 0. The van der Waals surface area contributed by atoms with E-state index in [1.807, 2.05) is 13.8 Å². The molecule has 16 heavy (non-hydrogen) atoms. The van der Waals surface area contributed by atoms with Crippen LogP contribution in [0.1, 0.15) is 31.0 Å². The van der Waals surface area contributed by atoms with E-state index >= 15 is 0 Å². The Bertz CT molecular complexity index is 419. The first-order chi connectivity index (χ1) is 7.15. The van der Waals surface area contributed by atoms with Crippen LogP contribution >= 0.6 is 0 Å². The molecule has 0 radical (unpaired) electrons. The summed E-state index contributed by atoms with van der Waals surface area (Å²) in [6.45, 7) is 3.74. The summed E-state index contributed by atoms with van der Waals surface area (Å²) in [6, 6.07) is -0.224. The SMILES string of the molecule is Cn1cc([C@@H]2[C@@H](N)C2(C)C)c(C(F)(F)F)n1. The van der Waals surface area contributed by atoms with Crippen LogP contribution < -0.4 is 5.73 Å². The molecular formula is C10H14F3N3. The average Bonchev–Trinajstić information content (AvgIpc) is 2.46. The van der Waals surface area contributed by atoms with Crippen LogP contribution in [-0.2, 0) is 13.2 Å². The molecule has 1 saturated carbocycles. The lowest BCUT2D eigenvalue weighted by molar-refractivity contribution is -0.142. The van der Waals surface area contributed by atoms with E-state index in [9.17, 15) is 13.2 Å². The fraction of sp³-hybridized carbons (Fsp3) is 0.700. The normalized spacial score (nSPS) is 28.2. The Labute approximate surface area is 91.4 Å². The number of aromatic nitrogens is 2. The summed E-state index contributed by atoms with van der Waals surface area (Å²) in [5.74, 6) is -0.252. The maximum absolute atomic E-state index is 12.7. The summed E-state index contributed by atoms with van der Waals surface area (Å²) >= 11 is 0. The highest BCUT2D eigenvalue weighted by molar-refractivity contribution is 5.37. The Kier molecular flexibility index (Phi) is 2.15. The molecule has 0 aromatic carbocycles. The topological polar surface area (TPSA) is 43.8 Å². The zero-order valence-corrected chi connectivity index (χ0v) is 9.34. The number of rotatable bonds is 1. The fourth-order valence-corrected chi connectivity index (χ4v) is 2.23. The number of nitrogens with zero attached hydrogens (tertiary/aromatic N) is 2. The van der Waals surface area contributed by atoms with Gasteiger partial charge in [-0.25, -0.2) is 0 Å². The molecule has 2 rings (SSSR count). The molecule has 1 heterocycles. The van der Waals surface area contributed by atoms with E-state index in [0.717, 1.165) is 0 Å². The third-order valence-electron chi connectivity index (χ3n) is 3.37. The van der Waals surface area contributed by atoms with Crippen LogP contribution in [0, 0.1) is 5.41 Å². The van der Waals surface area contributed by atoms with Gasteiger partial charge in [-0.1, -0.05) is 13.8 Å². The molecular weight excluding hydrogens is 219 g/mol. The second-order valence-corrected chi connectivity index (χ2v) is 4.93.